The molecule has 4 nitrogen and oxygen atoms in total. The number of nitrogens with two attached hydrogens (primary N) is 1. The summed E-state index contributed by atoms with van der Waals surface area (Å²) < 4.78 is 5.30. The largest absolute Gasteiger partial charge is 0.379 e. The second-order valence-corrected chi connectivity index (χ2v) is 5.90. The number of nitrogens with one attached hydrogen (secondary N) is 1. The lowest BCUT2D eigenvalue weighted by molar-refractivity contribution is -0.130. The van der Waals surface area contributed by atoms with Crippen LogP contribution in [0.1, 0.15) is 31.7 Å². The van der Waals surface area contributed by atoms with Gasteiger partial charge in [0.25, 0.3) is 0 Å². The van der Waals surface area contributed by atoms with E-state index in [-0.39, 0.29) is 11.9 Å². The van der Waals surface area contributed by atoms with Crippen molar-refractivity contribution in [3.05, 3.63) is 35.9 Å². The number of ether oxygens (including phenoxy) is 1. The molecule has 20 heavy (non-hydrogen) atoms. The molecule has 1 heterocycles. The van der Waals surface area contributed by atoms with Gasteiger partial charge in [-0.15, -0.1) is 0 Å². The summed E-state index contributed by atoms with van der Waals surface area (Å²) in [5, 5.41) is 3.00. The Kier molecular flexibility index (Phi) is 4.78. The number of rotatable bonds is 5. The molecular weight excluding hydrogens is 252 g/mol. The van der Waals surface area contributed by atoms with Crippen LogP contribution in [0.2, 0.25) is 0 Å². The topological polar surface area (TPSA) is 64.3 Å². The Morgan fingerprint density at radius 1 is 1.50 bits per heavy atom. The number of amides is 1. The van der Waals surface area contributed by atoms with Crippen LogP contribution >= 0.6 is 0 Å². The molecule has 1 aromatic rings. The van der Waals surface area contributed by atoms with Crippen LogP contribution in [0.4, 0.5) is 0 Å². The normalized spacial score (nSPS) is 27.2. The highest BCUT2D eigenvalue weighted by Gasteiger charge is 2.44. The van der Waals surface area contributed by atoms with E-state index in [9.17, 15) is 4.79 Å². The molecule has 3 atom stereocenters. The molecule has 0 aliphatic carbocycles. The molecule has 4 heteroatoms. The fourth-order valence-corrected chi connectivity index (χ4v) is 2.48. The van der Waals surface area contributed by atoms with E-state index in [0.29, 0.717) is 25.7 Å². The lowest BCUT2D eigenvalue weighted by Crippen LogP contribution is -2.50. The Labute approximate surface area is 120 Å². The van der Waals surface area contributed by atoms with Crippen molar-refractivity contribution in [3.8, 4) is 0 Å². The van der Waals surface area contributed by atoms with Gasteiger partial charge in [0.15, 0.2) is 0 Å². The highest BCUT2D eigenvalue weighted by Crippen LogP contribution is 2.27. The van der Waals surface area contributed by atoms with Crippen molar-refractivity contribution in [2.75, 3.05) is 19.8 Å². The molecule has 3 N–H and O–H groups in total. The number of benzene rings is 1. The van der Waals surface area contributed by atoms with Crippen molar-refractivity contribution >= 4 is 5.91 Å². The molecule has 0 spiro atoms. The van der Waals surface area contributed by atoms with Crippen molar-refractivity contribution in [1.29, 1.82) is 0 Å². The molecular formula is C16H24N2O2. The van der Waals surface area contributed by atoms with Gasteiger partial charge in [-0.3, -0.25) is 4.79 Å². The van der Waals surface area contributed by atoms with Gasteiger partial charge in [0, 0.05) is 12.6 Å². The maximum Gasteiger partial charge on any atom is 0.229 e. The number of hydrogen-bond acceptors (Lipinski definition) is 3. The summed E-state index contributed by atoms with van der Waals surface area (Å²) in [5.74, 6) is 0.431. The van der Waals surface area contributed by atoms with E-state index in [1.807, 2.05) is 25.1 Å². The molecule has 1 fully saturated rings. The smallest absolute Gasteiger partial charge is 0.229 e. The van der Waals surface area contributed by atoms with E-state index in [0.717, 1.165) is 6.42 Å². The molecule has 1 aromatic carbocycles. The monoisotopic (exact) mass is 276 g/mol. The van der Waals surface area contributed by atoms with Crippen LogP contribution in [-0.4, -0.2) is 31.7 Å². The average Bonchev–Trinajstić information content (AvgIpc) is 2.80. The fraction of sp³-hybridized carbons (Fsp3) is 0.562. The molecule has 0 aromatic heterocycles. The second kappa shape index (κ2) is 6.37. The molecule has 2 rings (SSSR count). The van der Waals surface area contributed by atoms with Crippen molar-refractivity contribution < 1.29 is 9.53 Å². The van der Waals surface area contributed by atoms with E-state index >= 15 is 0 Å². The van der Waals surface area contributed by atoms with Crippen molar-refractivity contribution in [2.24, 2.45) is 11.1 Å². The maximum atomic E-state index is 12.2. The summed E-state index contributed by atoms with van der Waals surface area (Å²) in [4.78, 5) is 12.2. The first kappa shape index (κ1) is 15.0. The maximum absolute atomic E-state index is 12.2. The van der Waals surface area contributed by atoms with Crippen molar-refractivity contribution in [1.82, 2.24) is 5.32 Å². The van der Waals surface area contributed by atoms with E-state index in [1.54, 1.807) is 0 Å². The number of hydrogen-bond donors (Lipinski definition) is 2. The van der Waals surface area contributed by atoms with E-state index in [4.69, 9.17) is 10.5 Å². The van der Waals surface area contributed by atoms with Crippen molar-refractivity contribution in [3.63, 3.8) is 0 Å². The summed E-state index contributed by atoms with van der Waals surface area (Å²) in [7, 11) is 0. The van der Waals surface area contributed by atoms with Crippen LogP contribution < -0.4 is 11.1 Å². The lowest BCUT2D eigenvalue weighted by Gasteiger charge is -2.25. The zero-order valence-corrected chi connectivity index (χ0v) is 12.3. The van der Waals surface area contributed by atoms with Gasteiger partial charge in [-0.1, -0.05) is 37.3 Å². The minimum absolute atomic E-state index is 0.00256. The van der Waals surface area contributed by atoms with Gasteiger partial charge in [0.2, 0.25) is 5.91 Å². The molecule has 1 aliphatic heterocycles. The van der Waals surface area contributed by atoms with E-state index in [1.165, 1.54) is 5.56 Å². The van der Waals surface area contributed by atoms with Gasteiger partial charge in [0.1, 0.15) is 0 Å². The van der Waals surface area contributed by atoms with Crippen LogP contribution in [0.5, 0.6) is 0 Å². The quantitative estimate of drug-likeness (QED) is 0.859. The Balaban J connectivity index is 1.80. The molecule has 0 radical (unpaired) electrons. The first-order valence-corrected chi connectivity index (χ1v) is 7.20. The van der Waals surface area contributed by atoms with Crippen LogP contribution in [0, 0.1) is 5.41 Å². The third-order valence-corrected chi connectivity index (χ3v) is 4.27. The third kappa shape index (κ3) is 3.19. The predicted molar refractivity (Wildman–Crippen MR) is 79.4 cm³/mol. The Bertz CT molecular complexity index is 449. The minimum atomic E-state index is -0.587. The first-order chi connectivity index (χ1) is 9.54. The SMILES string of the molecule is CC(CCNC(=O)C1(C)COCC1N)c1ccccc1. The van der Waals surface area contributed by atoms with Gasteiger partial charge >= 0.3 is 0 Å². The average molecular weight is 276 g/mol. The molecule has 0 saturated carbocycles. The van der Waals surface area contributed by atoms with Gasteiger partial charge in [0.05, 0.1) is 18.6 Å². The van der Waals surface area contributed by atoms with Crippen LogP contribution in [-0.2, 0) is 9.53 Å². The summed E-state index contributed by atoms with van der Waals surface area (Å²) >= 11 is 0. The molecule has 1 saturated heterocycles. The Morgan fingerprint density at radius 2 is 2.20 bits per heavy atom. The number of carbonyl (C=O) groups is 1. The van der Waals surface area contributed by atoms with Crippen molar-refractivity contribution in [2.45, 2.75) is 32.2 Å². The van der Waals surface area contributed by atoms with Gasteiger partial charge in [-0.25, -0.2) is 0 Å². The zero-order chi connectivity index (χ0) is 14.6. The lowest BCUT2D eigenvalue weighted by atomic mass is 9.84. The fourth-order valence-electron chi connectivity index (χ4n) is 2.48. The Hall–Kier alpha value is -1.39. The van der Waals surface area contributed by atoms with Gasteiger partial charge < -0.3 is 15.8 Å². The summed E-state index contributed by atoms with van der Waals surface area (Å²) in [5.41, 5.74) is 6.66. The molecule has 0 bridgehead atoms. The van der Waals surface area contributed by atoms with Crippen LogP contribution in [0.25, 0.3) is 0 Å². The second-order valence-electron chi connectivity index (χ2n) is 5.90. The molecule has 3 unspecified atom stereocenters. The van der Waals surface area contributed by atoms with E-state index in [2.05, 4.69) is 24.4 Å². The highest BCUT2D eigenvalue weighted by molar-refractivity contribution is 5.83. The molecule has 1 aliphatic rings. The van der Waals surface area contributed by atoms with Crippen LogP contribution in [0.3, 0.4) is 0 Å². The predicted octanol–water partition coefficient (Wildman–Crippen LogP) is 1.66. The molecule has 110 valence electrons. The van der Waals surface area contributed by atoms with Crippen LogP contribution in [0.15, 0.2) is 30.3 Å². The van der Waals surface area contributed by atoms with E-state index < -0.39 is 5.41 Å². The standard InChI is InChI=1S/C16H24N2O2/c1-12(13-6-4-3-5-7-13)8-9-18-15(19)16(2)11-20-10-14(16)17/h3-7,12,14H,8-11,17H2,1-2H3,(H,18,19). The Morgan fingerprint density at radius 3 is 2.80 bits per heavy atom. The van der Waals surface area contributed by atoms with Gasteiger partial charge in [-0.2, -0.15) is 0 Å². The first-order valence-electron chi connectivity index (χ1n) is 7.20. The molecule has 1 amide bonds. The van der Waals surface area contributed by atoms with Gasteiger partial charge in [-0.05, 0) is 24.8 Å². The summed E-state index contributed by atoms with van der Waals surface area (Å²) in [6.45, 7) is 5.59. The third-order valence-electron chi connectivity index (χ3n) is 4.27. The minimum Gasteiger partial charge on any atom is -0.379 e. The summed E-state index contributed by atoms with van der Waals surface area (Å²) in [6, 6.07) is 10.1. The highest BCUT2D eigenvalue weighted by atomic mass is 16.5. The zero-order valence-electron chi connectivity index (χ0n) is 12.3. The number of carbonyl (C=O) groups excluding carboxylic acids is 1. The summed E-state index contributed by atoms with van der Waals surface area (Å²) in [6.07, 6.45) is 0.919.